The lowest BCUT2D eigenvalue weighted by Gasteiger charge is -2.18. The third kappa shape index (κ3) is 2.26. The molecular weight excluding hydrogens is 310 g/mol. The van der Waals surface area contributed by atoms with E-state index in [9.17, 15) is 4.79 Å². The zero-order valence-electron chi connectivity index (χ0n) is 13.6. The number of ether oxygens (including phenoxy) is 2. The number of aromatic nitrogens is 2. The van der Waals surface area contributed by atoms with Crippen LogP contribution in [0.4, 0.5) is 11.8 Å². The molecule has 0 bridgehead atoms. The van der Waals surface area contributed by atoms with E-state index < -0.39 is 0 Å². The molecule has 24 heavy (non-hydrogen) atoms. The van der Waals surface area contributed by atoms with Crippen molar-refractivity contribution in [3.8, 4) is 11.5 Å². The summed E-state index contributed by atoms with van der Waals surface area (Å²) >= 11 is 0. The Kier molecular flexibility index (Phi) is 3.33. The first kappa shape index (κ1) is 14.8. The number of nitrogens with one attached hydrogen (secondary N) is 1. The minimum absolute atomic E-state index is 0.125. The van der Waals surface area contributed by atoms with Crippen molar-refractivity contribution in [2.45, 2.75) is 12.5 Å². The second-order valence-corrected chi connectivity index (χ2v) is 6.18. The van der Waals surface area contributed by atoms with Crippen LogP contribution in [0.5, 0.6) is 11.5 Å². The van der Waals surface area contributed by atoms with Gasteiger partial charge in [0, 0.05) is 36.9 Å². The van der Waals surface area contributed by atoms with Crippen molar-refractivity contribution in [1.82, 2.24) is 15.3 Å². The van der Waals surface area contributed by atoms with Crippen molar-refractivity contribution in [2.75, 3.05) is 37.9 Å². The van der Waals surface area contributed by atoms with E-state index in [1.54, 1.807) is 26.4 Å². The van der Waals surface area contributed by atoms with E-state index in [2.05, 4.69) is 20.2 Å². The Balaban J connectivity index is 1.71. The summed E-state index contributed by atoms with van der Waals surface area (Å²) < 4.78 is 10.6. The van der Waals surface area contributed by atoms with Crippen molar-refractivity contribution in [3.63, 3.8) is 0 Å². The highest BCUT2D eigenvalue weighted by atomic mass is 16.5. The largest absolute Gasteiger partial charge is 0.493 e. The number of nitrogens with two attached hydrogens (primary N) is 1. The normalized spacial score (nSPS) is 22.6. The average Bonchev–Trinajstić information content (AvgIpc) is 3.10. The van der Waals surface area contributed by atoms with Gasteiger partial charge in [-0.3, -0.25) is 4.79 Å². The fourth-order valence-corrected chi connectivity index (χ4v) is 3.52. The van der Waals surface area contributed by atoms with Crippen LogP contribution in [0.3, 0.4) is 0 Å². The van der Waals surface area contributed by atoms with Crippen LogP contribution >= 0.6 is 0 Å². The number of hydrogen-bond acceptors (Lipinski definition) is 7. The van der Waals surface area contributed by atoms with Gasteiger partial charge in [-0.2, -0.15) is 4.98 Å². The van der Waals surface area contributed by atoms with Crippen molar-refractivity contribution in [3.05, 3.63) is 12.1 Å². The van der Waals surface area contributed by atoms with Crippen molar-refractivity contribution in [2.24, 2.45) is 5.92 Å². The van der Waals surface area contributed by atoms with Gasteiger partial charge in [-0.05, 0) is 6.07 Å². The Morgan fingerprint density at radius 3 is 2.67 bits per heavy atom. The molecule has 3 N–H and O–H groups in total. The highest BCUT2D eigenvalue weighted by Crippen LogP contribution is 2.35. The summed E-state index contributed by atoms with van der Waals surface area (Å²) in [5.74, 6) is 2.60. The van der Waals surface area contributed by atoms with E-state index in [1.165, 1.54) is 0 Å². The molecule has 0 spiro atoms. The van der Waals surface area contributed by atoms with E-state index in [-0.39, 0.29) is 11.9 Å². The van der Waals surface area contributed by atoms with Gasteiger partial charge in [-0.15, -0.1) is 0 Å². The third-order valence-corrected chi connectivity index (χ3v) is 4.74. The van der Waals surface area contributed by atoms with Crippen LogP contribution in [0, 0.1) is 5.92 Å². The van der Waals surface area contributed by atoms with Gasteiger partial charge in [0.05, 0.1) is 25.8 Å². The summed E-state index contributed by atoms with van der Waals surface area (Å²) in [4.78, 5) is 22.6. The summed E-state index contributed by atoms with van der Waals surface area (Å²) in [6, 6.07) is 3.75. The standard InChI is InChI=1S/C16H19N5O3/c1-23-12-4-9-10(5-13(12)24-2)19-16(20-15(9)17)21-6-8-3-14(22)18-11(8)7-21/h4-5,8,11H,3,6-7H2,1-2H3,(H,18,22)(H2,17,19,20)/t8-,11+/m0/s1. The predicted molar refractivity (Wildman–Crippen MR) is 89.3 cm³/mol. The molecule has 0 aliphatic carbocycles. The molecule has 0 radical (unpaired) electrons. The van der Waals surface area contributed by atoms with Gasteiger partial charge in [0.2, 0.25) is 11.9 Å². The maximum absolute atomic E-state index is 11.5. The third-order valence-electron chi connectivity index (χ3n) is 4.74. The molecule has 2 saturated heterocycles. The first-order chi connectivity index (χ1) is 11.6. The second kappa shape index (κ2) is 5.40. The van der Waals surface area contributed by atoms with Gasteiger partial charge < -0.3 is 25.4 Å². The molecule has 2 atom stereocenters. The summed E-state index contributed by atoms with van der Waals surface area (Å²) in [5.41, 5.74) is 6.84. The van der Waals surface area contributed by atoms with Crippen LogP contribution < -0.4 is 25.4 Å². The smallest absolute Gasteiger partial charge is 0.227 e. The average molecular weight is 329 g/mol. The number of hydrogen-bond donors (Lipinski definition) is 2. The fraction of sp³-hybridized carbons (Fsp3) is 0.438. The molecular formula is C16H19N5O3. The molecule has 1 amide bonds. The highest BCUT2D eigenvalue weighted by molar-refractivity contribution is 5.91. The molecule has 0 saturated carbocycles. The Hall–Kier alpha value is -2.77. The number of amides is 1. The molecule has 1 aromatic heterocycles. The molecule has 2 fully saturated rings. The number of nitrogen functional groups attached to an aromatic ring is 1. The maximum atomic E-state index is 11.5. The Bertz CT molecular complexity index is 809. The molecule has 4 rings (SSSR count). The Labute approximate surface area is 138 Å². The number of carbonyl (C=O) groups is 1. The number of methoxy groups -OCH3 is 2. The van der Waals surface area contributed by atoms with Crippen LogP contribution in [0.25, 0.3) is 10.9 Å². The van der Waals surface area contributed by atoms with E-state index >= 15 is 0 Å². The molecule has 8 heteroatoms. The summed E-state index contributed by atoms with van der Waals surface area (Å²) in [5, 5.41) is 3.72. The van der Waals surface area contributed by atoms with Gasteiger partial charge in [0.25, 0.3) is 0 Å². The van der Waals surface area contributed by atoms with Crippen molar-refractivity contribution >= 4 is 28.6 Å². The number of carbonyl (C=O) groups excluding carboxylic acids is 1. The molecule has 1 aromatic carbocycles. The Morgan fingerprint density at radius 2 is 1.96 bits per heavy atom. The zero-order chi connectivity index (χ0) is 16.8. The van der Waals surface area contributed by atoms with E-state index in [4.69, 9.17) is 15.2 Å². The lowest BCUT2D eigenvalue weighted by Crippen LogP contribution is -2.33. The van der Waals surface area contributed by atoms with Crippen LogP contribution in [0.15, 0.2) is 12.1 Å². The van der Waals surface area contributed by atoms with Crippen LogP contribution in [0.2, 0.25) is 0 Å². The molecule has 2 aliphatic heterocycles. The van der Waals surface area contributed by atoms with Gasteiger partial charge in [-0.25, -0.2) is 4.98 Å². The molecule has 2 aromatic rings. The first-order valence-electron chi connectivity index (χ1n) is 7.82. The molecule has 8 nitrogen and oxygen atoms in total. The summed E-state index contributed by atoms with van der Waals surface area (Å²) in [7, 11) is 3.16. The predicted octanol–water partition coefficient (Wildman–Crippen LogP) is 0.554. The highest BCUT2D eigenvalue weighted by Gasteiger charge is 2.40. The van der Waals surface area contributed by atoms with Crippen LogP contribution in [-0.4, -0.2) is 49.2 Å². The quantitative estimate of drug-likeness (QED) is 0.848. The van der Waals surface area contributed by atoms with Gasteiger partial charge in [-0.1, -0.05) is 0 Å². The number of benzene rings is 1. The minimum atomic E-state index is 0.125. The number of anilines is 2. The minimum Gasteiger partial charge on any atom is -0.493 e. The lowest BCUT2D eigenvalue weighted by atomic mass is 10.1. The van der Waals surface area contributed by atoms with E-state index in [1.807, 2.05) is 0 Å². The topological polar surface area (TPSA) is 103 Å². The Morgan fingerprint density at radius 1 is 1.21 bits per heavy atom. The number of rotatable bonds is 3. The van der Waals surface area contributed by atoms with E-state index in [0.717, 1.165) is 11.9 Å². The summed E-state index contributed by atoms with van der Waals surface area (Å²) in [6.07, 6.45) is 0.565. The van der Waals surface area contributed by atoms with Gasteiger partial charge in [0.15, 0.2) is 11.5 Å². The second-order valence-electron chi connectivity index (χ2n) is 6.18. The molecule has 2 aliphatic rings. The number of fused-ring (bicyclic) bond motifs is 2. The molecule has 0 unspecified atom stereocenters. The lowest BCUT2D eigenvalue weighted by molar-refractivity contribution is -0.119. The molecule has 3 heterocycles. The molecule has 126 valence electrons. The van der Waals surface area contributed by atoms with Gasteiger partial charge >= 0.3 is 0 Å². The fourth-order valence-electron chi connectivity index (χ4n) is 3.52. The van der Waals surface area contributed by atoms with Crippen LogP contribution in [-0.2, 0) is 4.79 Å². The number of nitrogens with zero attached hydrogens (tertiary/aromatic N) is 3. The SMILES string of the molecule is COc1cc2nc(N3C[C@@H]4CC(=O)N[C@@H]4C3)nc(N)c2cc1OC. The van der Waals surface area contributed by atoms with E-state index in [0.29, 0.717) is 47.7 Å². The first-order valence-corrected chi connectivity index (χ1v) is 7.82. The monoisotopic (exact) mass is 329 g/mol. The van der Waals surface area contributed by atoms with Crippen LogP contribution in [0.1, 0.15) is 6.42 Å². The van der Waals surface area contributed by atoms with Crippen molar-refractivity contribution < 1.29 is 14.3 Å². The zero-order valence-corrected chi connectivity index (χ0v) is 13.6. The van der Waals surface area contributed by atoms with Crippen molar-refractivity contribution in [1.29, 1.82) is 0 Å². The van der Waals surface area contributed by atoms with Gasteiger partial charge in [0.1, 0.15) is 5.82 Å². The summed E-state index contributed by atoms with van der Waals surface area (Å²) in [6.45, 7) is 1.45. The maximum Gasteiger partial charge on any atom is 0.227 e.